The number of amides is 1. The lowest BCUT2D eigenvalue weighted by Crippen LogP contribution is -2.40. The maximum atomic E-state index is 13.5. The van der Waals surface area contributed by atoms with Gasteiger partial charge in [-0.2, -0.15) is 0 Å². The number of nitrogens with zero attached hydrogens (tertiary/aromatic N) is 2. The fourth-order valence-corrected chi connectivity index (χ4v) is 4.77. The third-order valence-corrected chi connectivity index (χ3v) is 6.85. The summed E-state index contributed by atoms with van der Waals surface area (Å²) in [6, 6.07) is 15.9. The molecular weight excluding hydrogens is 478 g/mol. The van der Waals surface area contributed by atoms with Crippen LogP contribution < -0.4 is 21.3 Å². The van der Waals surface area contributed by atoms with Crippen molar-refractivity contribution >= 4 is 34.4 Å². The topological polar surface area (TPSA) is 99.4 Å². The first-order valence-electron chi connectivity index (χ1n) is 11.7. The number of carbonyl (C=O) groups is 2. The standard InChI is InChI=1S/C27H27N3O5S/c1-35-24-12-11-19(18-31)15-20(24)17-30-23-9-3-2-8-22(23)26(33)29(27(30)34)13-5-4-10-25(32)28-16-21-7-6-14-36-21/h2-3,6-9,11-12,14-15,18H,4-5,10,13,16-17H2,1H3,(H,28,32). The molecule has 0 aliphatic carbocycles. The fourth-order valence-electron chi connectivity index (χ4n) is 4.13. The first-order chi connectivity index (χ1) is 17.5. The van der Waals surface area contributed by atoms with E-state index in [1.165, 1.54) is 16.2 Å². The van der Waals surface area contributed by atoms with Crippen LogP contribution in [0.25, 0.3) is 10.9 Å². The van der Waals surface area contributed by atoms with Crippen LogP contribution in [0, 0.1) is 0 Å². The monoisotopic (exact) mass is 505 g/mol. The summed E-state index contributed by atoms with van der Waals surface area (Å²) in [5.41, 5.74) is 0.827. The molecule has 8 nitrogen and oxygen atoms in total. The maximum Gasteiger partial charge on any atom is 0.331 e. The molecule has 4 aromatic rings. The third-order valence-electron chi connectivity index (χ3n) is 5.98. The minimum atomic E-state index is -0.445. The molecule has 1 N–H and O–H groups in total. The van der Waals surface area contributed by atoms with Crippen molar-refractivity contribution in [3.05, 3.63) is 96.8 Å². The highest BCUT2D eigenvalue weighted by molar-refractivity contribution is 7.09. The molecule has 2 heterocycles. The maximum absolute atomic E-state index is 13.5. The van der Waals surface area contributed by atoms with Gasteiger partial charge in [0, 0.05) is 29.0 Å². The molecule has 9 heteroatoms. The van der Waals surface area contributed by atoms with E-state index in [1.807, 2.05) is 17.5 Å². The van der Waals surface area contributed by atoms with Crippen molar-refractivity contribution in [2.24, 2.45) is 0 Å². The predicted molar refractivity (Wildman–Crippen MR) is 140 cm³/mol. The fraction of sp³-hybridized carbons (Fsp3) is 0.259. The summed E-state index contributed by atoms with van der Waals surface area (Å²) < 4.78 is 8.18. The van der Waals surface area contributed by atoms with Gasteiger partial charge < -0.3 is 10.1 Å². The number of hydrogen-bond acceptors (Lipinski definition) is 6. The van der Waals surface area contributed by atoms with E-state index < -0.39 is 5.69 Å². The van der Waals surface area contributed by atoms with E-state index >= 15 is 0 Å². The number of aldehydes is 1. The van der Waals surface area contributed by atoms with Gasteiger partial charge in [-0.3, -0.25) is 23.5 Å². The van der Waals surface area contributed by atoms with Crippen molar-refractivity contribution < 1.29 is 14.3 Å². The quantitative estimate of drug-likeness (QED) is 0.248. The number of hydrogen-bond donors (Lipinski definition) is 1. The molecule has 0 unspecified atom stereocenters. The molecule has 0 radical (unpaired) electrons. The molecule has 0 fully saturated rings. The van der Waals surface area contributed by atoms with Crippen LogP contribution >= 0.6 is 11.3 Å². The van der Waals surface area contributed by atoms with Crippen LogP contribution in [0.4, 0.5) is 0 Å². The van der Waals surface area contributed by atoms with Crippen molar-refractivity contribution in [2.75, 3.05) is 7.11 Å². The number of fused-ring (bicyclic) bond motifs is 1. The number of rotatable bonds is 11. The molecule has 186 valence electrons. The minimum Gasteiger partial charge on any atom is -0.496 e. The Kier molecular flexibility index (Phi) is 8.12. The number of nitrogens with one attached hydrogen (secondary N) is 1. The Morgan fingerprint density at radius 1 is 1.06 bits per heavy atom. The molecule has 0 saturated carbocycles. The smallest absolute Gasteiger partial charge is 0.331 e. The van der Waals surface area contributed by atoms with E-state index in [2.05, 4.69) is 5.32 Å². The van der Waals surface area contributed by atoms with E-state index in [0.717, 1.165) is 11.2 Å². The Balaban J connectivity index is 1.54. The van der Waals surface area contributed by atoms with Crippen molar-refractivity contribution in [1.82, 2.24) is 14.5 Å². The summed E-state index contributed by atoms with van der Waals surface area (Å²) in [5, 5.41) is 5.28. The van der Waals surface area contributed by atoms with E-state index in [0.29, 0.717) is 53.6 Å². The first-order valence-corrected chi connectivity index (χ1v) is 12.5. The lowest BCUT2D eigenvalue weighted by molar-refractivity contribution is -0.121. The van der Waals surface area contributed by atoms with Gasteiger partial charge in [-0.1, -0.05) is 18.2 Å². The predicted octanol–water partition coefficient (Wildman–Crippen LogP) is 3.58. The van der Waals surface area contributed by atoms with Gasteiger partial charge in [-0.15, -0.1) is 11.3 Å². The second-order valence-corrected chi connectivity index (χ2v) is 9.38. The molecule has 0 saturated heterocycles. The van der Waals surface area contributed by atoms with E-state index in [9.17, 15) is 19.2 Å². The van der Waals surface area contributed by atoms with Crippen LogP contribution in [0.1, 0.15) is 40.1 Å². The zero-order chi connectivity index (χ0) is 25.5. The van der Waals surface area contributed by atoms with Gasteiger partial charge >= 0.3 is 5.69 Å². The lowest BCUT2D eigenvalue weighted by Gasteiger charge is -2.16. The van der Waals surface area contributed by atoms with Gasteiger partial charge in [-0.05, 0) is 54.6 Å². The average Bonchev–Trinajstić information content (AvgIpc) is 3.43. The third kappa shape index (κ3) is 5.63. The molecule has 2 aromatic carbocycles. The molecule has 0 aliphatic rings. The Hall–Kier alpha value is -3.98. The van der Waals surface area contributed by atoms with Gasteiger partial charge in [0.15, 0.2) is 0 Å². The molecule has 2 aromatic heterocycles. The number of ether oxygens (including phenoxy) is 1. The van der Waals surface area contributed by atoms with Gasteiger partial charge in [0.05, 0.1) is 31.1 Å². The molecule has 4 rings (SSSR count). The number of carbonyl (C=O) groups excluding carboxylic acids is 2. The molecule has 0 bridgehead atoms. The van der Waals surface area contributed by atoms with Crippen molar-refractivity contribution in [2.45, 2.75) is 38.9 Å². The summed E-state index contributed by atoms with van der Waals surface area (Å²) in [6.45, 7) is 0.835. The zero-order valence-electron chi connectivity index (χ0n) is 19.9. The van der Waals surface area contributed by atoms with Crippen LogP contribution in [0.5, 0.6) is 5.75 Å². The second-order valence-electron chi connectivity index (χ2n) is 8.34. The number of aromatic nitrogens is 2. The molecule has 0 atom stereocenters. The highest BCUT2D eigenvalue weighted by Crippen LogP contribution is 2.21. The summed E-state index contributed by atoms with van der Waals surface area (Å²) in [7, 11) is 1.53. The number of methoxy groups -OCH3 is 1. The van der Waals surface area contributed by atoms with Crippen LogP contribution in [-0.4, -0.2) is 28.4 Å². The normalized spacial score (nSPS) is 10.9. The van der Waals surface area contributed by atoms with Crippen LogP contribution in [0.3, 0.4) is 0 Å². The summed E-state index contributed by atoms with van der Waals surface area (Å²) >= 11 is 1.59. The van der Waals surface area contributed by atoms with E-state index in [1.54, 1.807) is 53.8 Å². The summed E-state index contributed by atoms with van der Waals surface area (Å²) in [6.07, 6.45) is 2.10. The summed E-state index contributed by atoms with van der Waals surface area (Å²) in [5.74, 6) is 0.483. The second kappa shape index (κ2) is 11.6. The van der Waals surface area contributed by atoms with Crippen molar-refractivity contribution in [3.63, 3.8) is 0 Å². The van der Waals surface area contributed by atoms with E-state index in [4.69, 9.17) is 4.74 Å². The Morgan fingerprint density at radius 3 is 2.64 bits per heavy atom. The van der Waals surface area contributed by atoms with Gasteiger partial charge in [0.2, 0.25) is 5.91 Å². The van der Waals surface area contributed by atoms with E-state index in [-0.39, 0.29) is 24.6 Å². The van der Waals surface area contributed by atoms with Crippen LogP contribution in [-0.2, 0) is 24.4 Å². The van der Waals surface area contributed by atoms with Crippen molar-refractivity contribution in [3.8, 4) is 5.75 Å². The molecular formula is C27H27N3O5S. The van der Waals surface area contributed by atoms with Gasteiger partial charge in [0.1, 0.15) is 12.0 Å². The van der Waals surface area contributed by atoms with Gasteiger partial charge in [0.25, 0.3) is 5.56 Å². The SMILES string of the molecule is COc1ccc(C=O)cc1Cn1c(=O)n(CCCCC(=O)NCc2cccs2)c(=O)c2ccccc21. The largest absolute Gasteiger partial charge is 0.496 e. The zero-order valence-corrected chi connectivity index (χ0v) is 20.8. The highest BCUT2D eigenvalue weighted by Gasteiger charge is 2.15. The Bertz CT molecular complexity index is 1490. The first kappa shape index (κ1) is 25.1. The van der Waals surface area contributed by atoms with Gasteiger partial charge in [-0.25, -0.2) is 4.79 Å². The average molecular weight is 506 g/mol. The molecule has 0 spiro atoms. The Morgan fingerprint density at radius 2 is 1.89 bits per heavy atom. The minimum absolute atomic E-state index is 0.0613. The lowest BCUT2D eigenvalue weighted by atomic mass is 10.1. The summed E-state index contributed by atoms with van der Waals surface area (Å²) in [4.78, 5) is 51.1. The van der Waals surface area contributed by atoms with Crippen molar-refractivity contribution in [1.29, 1.82) is 0 Å². The van der Waals surface area contributed by atoms with Crippen LogP contribution in [0.2, 0.25) is 0 Å². The number of para-hydroxylation sites is 1. The number of benzene rings is 2. The van der Waals surface area contributed by atoms with Crippen LogP contribution in [0.15, 0.2) is 69.6 Å². The number of unbranched alkanes of at least 4 members (excludes halogenated alkanes) is 1. The molecule has 1 amide bonds. The molecule has 36 heavy (non-hydrogen) atoms. The highest BCUT2D eigenvalue weighted by atomic mass is 32.1. The Labute approximate surface area is 211 Å². The molecule has 0 aliphatic heterocycles. The number of thiophene rings is 1.